The van der Waals surface area contributed by atoms with Crippen molar-refractivity contribution in [3.63, 3.8) is 0 Å². The number of cyclic esters (lactones) is 1. The third-order valence-electron chi connectivity index (χ3n) is 7.01. The van der Waals surface area contributed by atoms with Crippen LogP contribution in [0.3, 0.4) is 0 Å². The van der Waals surface area contributed by atoms with Crippen LogP contribution in [-0.2, 0) is 19.1 Å². The molecule has 1 heterocycles. The number of carbonyl (C=O) groups excluding carboxylic acids is 2. The molecule has 2 unspecified atom stereocenters. The maximum atomic E-state index is 13.5. The third-order valence-corrected chi connectivity index (χ3v) is 7.01. The fourth-order valence-corrected chi connectivity index (χ4v) is 6.27. The Morgan fingerprint density at radius 3 is 1.75 bits per heavy atom. The van der Waals surface area contributed by atoms with E-state index in [1.165, 1.54) is 7.11 Å². The Morgan fingerprint density at radius 1 is 0.929 bits per heavy atom. The topological polar surface area (TPSA) is 52.6 Å². The molecule has 0 radical (unpaired) electrons. The van der Waals surface area contributed by atoms with Gasteiger partial charge in [0.1, 0.15) is 0 Å². The number of carbonyl (C=O) groups is 2. The molecule has 0 aliphatic carbocycles. The number of ether oxygens (including phenoxy) is 2. The van der Waals surface area contributed by atoms with Gasteiger partial charge in [-0.3, -0.25) is 9.59 Å². The van der Waals surface area contributed by atoms with Crippen LogP contribution in [0.2, 0.25) is 0 Å². The van der Waals surface area contributed by atoms with E-state index in [2.05, 4.69) is 76.2 Å². The van der Waals surface area contributed by atoms with Gasteiger partial charge in [0, 0.05) is 5.41 Å². The van der Waals surface area contributed by atoms with Gasteiger partial charge in [0.05, 0.1) is 25.6 Å². The Kier molecular flexibility index (Phi) is 6.53. The Morgan fingerprint density at radius 2 is 1.36 bits per heavy atom. The zero-order chi connectivity index (χ0) is 22.4. The lowest BCUT2D eigenvalue weighted by Gasteiger charge is -2.57. The predicted molar refractivity (Wildman–Crippen MR) is 114 cm³/mol. The Hall–Kier alpha value is -1.06. The highest BCUT2D eigenvalue weighted by molar-refractivity contribution is 5.87. The molecular formula is C24H44O4. The van der Waals surface area contributed by atoms with Gasteiger partial charge in [0.25, 0.3) is 0 Å². The van der Waals surface area contributed by atoms with Gasteiger partial charge >= 0.3 is 11.9 Å². The third kappa shape index (κ3) is 4.41. The van der Waals surface area contributed by atoms with Gasteiger partial charge in [0.15, 0.2) is 0 Å². The summed E-state index contributed by atoms with van der Waals surface area (Å²) in [5, 5.41) is 0. The second kappa shape index (κ2) is 7.32. The van der Waals surface area contributed by atoms with Crippen molar-refractivity contribution >= 4 is 11.9 Å². The molecular weight excluding hydrogens is 352 g/mol. The number of esters is 2. The molecule has 4 heteroatoms. The number of hydrogen-bond donors (Lipinski definition) is 0. The molecule has 2 atom stereocenters. The zero-order valence-corrected chi connectivity index (χ0v) is 20.5. The van der Waals surface area contributed by atoms with Crippen molar-refractivity contribution in [1.82, 2.24) is 0 Å². The van der Waals surface area contributed by atoms with Crippen molar-refractivity contribution < 1.29 is 19.1 Å². The van der Waals surface area contributed by atoms with E-state index in [-0.39, 0.29) is 34.6 Å². The second-order valence-corrected chi connectivity index (χ2v) is 12.8. The molecule has 1 aliphatic rings. The minimum Gasteiger partial charge on any atom is -0.469 e. The molecule has 164 valence electrons. The Bertz CT molecular complexity index is 603. The molecule has 4 nitrogen and oxygen atoms in total. The average Bonchev–Trinajstić information content (AvgIpc) is 2.69. The highest BCUT2D eigenvalue weighted by Crippen LogP contribution is 2.68. The van der Waals surface area contributed by atoms with Crippen LogP contribution in [0.1, 0.15) is 95.4 Å². The molecule has 0 spiro atoms. The molecule has 0 aromatic carbocycles. The molecule has 1 rings (SSSR count). The largest absolute Gasteiger partial charge is 0.469 e. The van der Waals surface area contributed by atoms with Gasteiger partial charge in [-0.2, -0.15) is 0 Å². The van der Waals surface area contributed by atoms with Crippen LogP contribution in [0.15, 0.2) is 0 Å². The van der Waals surface area contributed by atoms with Crippen LogP contribution in [0.25, 0.3) is 0 Å². The van der Waals surface area contributed by atoms with Crippen molar-refractivity contribution in [2.45, 2.75) is 95.4 Å². The zero-order valence-electron chi connectivity index (χ0n) is 20.5. The molecule has 0 bridgehead atoms. The molecule has 1 fully saturated rings. The standard InChI is InChI=1S/C24H44O4/c1-19(2,3)14-21(7,8)23(11)16-28-18(26)24(23,13-17(25)27-12)22(9,10)15-20(4,5)6/h13-16H2,1-12H3. The highest BCUT2D eigenvalue weighted by atomic mass is 16.5. The van der Waals surface area contributed by atoms with Crippen LogP contribution >= 0.6 is 0 Å². The molecule has 0 saturated carbocycles. The van der Waals surface area contributed by atoms with E-state index >= 15 is 0 Å². The molecule has 1 aliphatic heterocycles. The van der Waals surface area contributed by atoms with Gasteiger partial charge in [-0.05, 0) is 34.5 Å². The van der Waals surface area contributed by atoms with E-state index in [4.69, 9.17) is 9.47 Å². The van der Waals surface area contributed by atoms with E-state index in [1.54, 1.807) is 0 Å². The van der Waals surface area contributed by atoms with Crippen molar-refractivity contribution in [2.75, 3.05) is 13.7 Å². The van der Waals surface area contributed by atoms with Gasteiger partial charge in [-0.1, -0.05) is 76.2 Å². The molecule has 0 N–H and O–H groups in total. The summed E-state index contributed by atoms with van der Waals surface area (Å²) in [6, 6.07) is 0. The maximum Gasteiger partial charge on any atom is 0.313 e. The summed E-state index contributed by atoms with van der Waals surface area (Å²) in [4.78, 5) is 26.1. The number of methoxy groups -OCH3 is 1. The lowest BCUT2D eigenvalue weighted by Crippen LogP contribution is -2.59. The van der Waals surface area contributed by atoms with Crippen LogP contribution in [-0.4, -0.2) is 25.7 Å². The first-order chi connectivity index (χ1) is 12.2. The molecule has 0 aromatic rings. The lowest BCUT2D eigenvalue weighted by molar-refractivity contribution is -0.175. The summed E-state index contributed by atoms with van der Waals surface area (Å²) in [6.45, 7) is 24.4. The first kappa shape index (κ1) is 25.0. The fraction of sp³-hybridized carbons (Fsp3) is 0.917. The minimum absolute atomic E-state index is 0.00453. The van der Waals surface area contributed by atoms with Gasteiger partial charge in [0.2, 0.25) is 0 Å². The monoisotopic (exact) mass is 396 g/mol. The van der Waals surface area contributed by atoms with Crippen LogP contribution in [0.5, 0.6) is 0 Å². The summed E-state index contributed by atoms with van der Waals surface area (Å²) in [7, 11) is 1.39. The minimum atomic E-state index is -0.949. The normalized spacial score (nSPS) is 26.9. The second-order valence-electron chi connectivity index (χ2n) is 12.8. The van der Waals surface area contributed by atoms with Gasteiger partial charge in [-0.15, -0.1) is 0 Å². The number of hydrogen-bond acceptors (Lipinski definition) is 4. The van der Waals surface area contributed by atoms with Crippen molar-refractivity contribution in [3.05, 3.63) is 0 Å². The fourth-order valence-electron chi connectivity index (χ4n) is 6.27. The van der Waals surface area contributed by atoms with Crippen molar-refractivity contribution in [1.29, 1.82) is 0 Å². The highest BCUT2D eigenvalue weighted by Gasteiger charge is 2.72. The number of rotatable bonds is 6. The molecule has 0 aromatic heterocycles. The van der Waals surface area contributed by atoms with E-state index in [0.717, 1.165) is 12.8 Å². The smallest absolute Gasteiger partial charge is 0.313 e. The van der Waals surface area contributed by atoms with Crippen LogP contribution < -0.4 is 0 Å². The van der Waals surface area contributed by atoms with E-state index in [9.17, 15) is 9.59 Å². The van der Waals surface area contributed by atoms with Crippen LogP contribution in [0, 0.1) is 32.5 Å². The predicted octanol–water partition coefficient (Wildman–Crippen LogP) is 6.02. The first-order valence-electron chi connectivity index (χ1n) is 10.5. The summed E-state index contributed by atoms with van der Waals surface area (Å²) in [6.07, 6.45) is 1.77. The summed E-state index contributed by atoms with van der Waals surface area (Å²) in [5.41, 5.74) is -2.03. The molecule has 28 heavy (non-hydrogen) atoms. The average molecular weight is 397 g/mol. The van der Waals surface area contributed by atoms with E-state index < -0.39 is 16.2 Å². The van der Waals surface area contributed by atoms with Crippen molar-refractivity contribution in [3.8, 4) is 0 Å². The molecule has 0 amide bonds. The van der Waals surface area contributed by atoms with Crippen LogP contribution in [0.4, 0.5) is 0 Å². The summed E-state index contributed by atoms with van der Waals surface area (Å²) < 4.78 is 10.9. The van der Waals surface area contributed by atoms with Gasteiger partial charge in [-0.25, -0.2) is 0 Å². The maximum absolute atomic E-state index is 13.5. The quantitative estimate of drug-likeness (QED) is 0.515. The SMILES string of the molecule is COC(=O)CC1(C(C)(C)CC(C)(C)C)C(=O)OCC1(C)C(C)(C)CC(C)(C)C. The Balaban J connectivity index is 3.74. The molecule has 1 saturated heterocycles. The summed E-state index contributed by atoms with van der Waals surface area (Å²) in [5.74, 6) is -0.602. The Labute approximate surface area is 173 Å². The van der Waals surface area contributed by atoms with Crippen molar-refractivity contribution in [2.24, 2.45) is 32.5 Å². The van der Waals surface area contributed by atoms with Gasteiger partial charge < -0.3 is 9.47 Å². The van der Waals surface area contributed by atoms with E-state index in [1.807, 2.05) is 0 Å². The first-order valence-corrected chi connectivity index (χ1v) is 10.5. The summed E-state index contributed by atoms with van der Waals surface area (Å²) >= 11 is 0. The van der Waals surface area contributed by atoms with E-state index in [0.29, 0.717) is 6.61 Å². The lowest BCUT2D eigenvalue weighted by atomic mass is 9.42.